The number of halogens is 1. The van der Waals surface area contributed by atoms with Gasteiger partial charge in [0.25, 0.3) is 0 Å². The van der Waals surface area contributed by atoms with Gasteiger partial charge in [-0.15, -0.1) is 0 Å². The fraction of sp³-hybridized carbons (Fsp3) is 0.375. The lowest BCUT2D eigenvalue weighted by atomic mass is 10.4. The monoisotopic (exact) mass is 396 g/mol. The molecule has 2 aromatic rings. The lowest BCUT2D eigenvalue weighted by molar-refractivity contribution is -0.141. The lowest BCUT2D eigenvalue weighted by Gasteiger charge is -2.17. The Morgan fingerprint density at radius 2 is 1.88 bits per heavy atom. The first kappa shape index (κ1) is 18.4. The molecule has 1 fully saturated rings. The highest BCUT2D eigenvalue weighted by atomic mass is 79.9. The van der Waals surface area contributed by atoms with Gasteiger partial charge in [-0.2, -0.15) is 0 Å². The molecule has 0 radical (unpaired) electrons. The molecule has 0 bridgehead atoms. The Hall–Kier alpha value is -1.90. The molecule has 0 spiro atoms. The van der Waals surface area contributed by atoms with Crippen LogP contribution in [0.4, 0.5) is 11.4 Å². The molecule has 1 unspecified atom stereocenters. The first-order valence-electron chi connectivity index (χ1n) is 7.37. The van der Waals surface area contributed by atoms with Crippen molar-refractivity contribution in [2.24, 2.45) is 0 Å². The van der Waals surface area contributed by atoms with Gasteiger partial charge in [0.2, 0.25) is 5.88 Å². The Balaban J connectivity index is 0.000000219. The van der Waals surface area contributed by atoms with Crippen LogP contribution in [0, 0.1) is 0 Å². The molecule has 8 heteroatoms. The van der Waals surface area contributed by atoms with Gasteiger partial charge in [0.05, 0.1) is 6.61 Å². The van der Waals surface area contributed by atoms with Crippen molar-refractivity contribution in [1.82, 2.24) is 9.97 Å². The summed E-state index contributed by atoms with van der Waals surface area (Å²) in [5.41, 5.74) is 12.4. The van der Waals surface area contributed by atoms with Crippen molar-refractivity contribution in [2.45, 2.75) is 25.7 Å². The SMILES string of the molecule is CC1(C)OCC(COc2cc(N)ccn2)O1.Nc1ccnc(Br)c1. The number of ether oxygens (including phenoxy) is 3. The second-order valence-electron chi connectivity index (χ2n) is 5.60. The van der Waals surface area contributed by atoms with Crippen LogP contribution in [0.25, 0.3) is 0 Å². The normalized spacial score (nSPS) is 18.5. The van der Waals surface area contributed by atoms with Crippen molar-refractivity contribution >= 4 is 27.3 Å². The van der Waals surface area contributed by atoms with E-state index < -0.39 is 5.79 Å². The third kappa shape index (κ3) is 6.31. The van der Waals surface area contributed by atoms with E-state index in [1.165, 1.54) is 0 Å². The van der Waals surface area contributed by atoms with Gasteiger partial charge in [-0.1, -0.05) is 0 Å². The quantitative estimate of drug-likeness (QED) is 0.767. The highest BCUT2D eigenvalue weighted by molar-refractivity contribution is 9.10. The van der Waals surface area contributed by atoms with Crippen LogP contribution in [0.15, 0.2) is 41.3 Å². The molecule has 1 aliphatic heterocycles. The van der Waals surface area contributed by atoms with E-state index in [2.05, 4.69) is 25.9 Å². The van der Waals surface area contributed by atoms with E-state index in [1.807, 2.05) is 13.8 Å². The second-order valence-corrected chi connectivity index (χ2v) is 6.41. The standard InChI is InChI=1S/C11H16N2O3.C5H5BrN2/c1-11(2)15-7-9(16-11)6-14-10-5-8(12)3-4-13-10;6-5-3-4(7)1-2-8-5/h3-5,9H,6-7H2,1-2H3,(H2,12,13);1-3H,(H2,7,8). The number of nitrogens with zero attached hydrogens (tertiary/aromatic N) is 2. The van der Waals surface area contributed by atoms with E-state index in [1.54, 1.807) is 36.7 Å². The highest BCUT2D eigenvalue weighted by Crippen LogP contribution is 2.22. The molecule has 3 heterocycles. The van der Waals surface area contributed by atoms with E-state index in [0.717, 1.165) is 10.3 Å². The summed E-state index contributed by atoms with van der Waals surface area (Å²) < 4.78 is 17.3. The fourth-order valence-electron chi connectivity index (χ4n) is 1.94. The van der Waals surface area contributed by atoms with Gasteiger partial charge < -0.3 is 25.7 Å². The van der Waals surface area contributed by atoms with Crippen LogP contribution in [-0.2, 0) is 9.47 Å². The summed E-state index contributed by atoms with van der Waals surface area (Å²) in [5.74, 6) is -0.00900. The van der Waals surface area contributed by atoms with Crippen molar-refractivity contribution in [3.8, 4) is 5.88 Å². The van der Waals surface area contributed by atoms with Gasteiger partial charge in [0, 0.05) is 29.8 Å². The Labute approximate surface area is 149 Å². The molecule has 0 aliphatic carbocycles. The molecule has 24 heavy (non-hydrogen) atoms. The van der Waals surface area contributed by atoms with Crippen LogP contribution in [-0.4, -0.2) is 35.1 Å². The smallest absolute Gasteiger partial charge is 0.215 e. The summed E-state index contributed by atoms with van der Waals surface area (Å²) in [6.07, 6.45) is 3.21. The third-order valence-electron chi connectivity index (χ3n) is 2.99. The molecule has 7 nitrogen and oxygen atoms in total. The van der Waals surface area contributed by atoms with Crippen LogP contribution in [0.1, 0.15) is 13.8 Å². The first-order valence-corrected chi connectivity index (χ1v) is 8.16. The number of hydrogen-bond acceptors (Lipinski definition) is 7. The molecule has 0 aromatic carbocycles. The molecule has 3 rings (SSSR count). The van der Waals surface area contributed by atoms with Gasteiger partial charge in [0.15, 0.2) is 5.79 Å². The molecule has 0 saturated carbocycles. The number of nitrogen functional groups attached to an aromatic ring is 2. The van der Waals surface area contributed by atoms with Crippen molar-refractivity contribution in [3.63, 3.8) is 0 Å². The predicted molar refractivity (Wildman–Crippen MR) is 95.4 cm³/mol. The minimum atomic E-state index is -0.517. The summed E-state index contributed by atoms with van der Waals surface area (Å²) in [6, 6.07) is 6.89. The van der Waals surface area contributed by atoms with Crippen molar-refractivity contribution < 1.29 is 14.2 Å². The lowest BCUT2D eigenvalue weighted by Crippen LogP contribution is -2.25. The van der Waals surface area contributed by atoms with Gasteiger partial charge in [-0.25, -0.2) is 9.97 Å². The molecule has 1 atom stereocenters. The molecule has 4 N–H and O–H groups in total. The Kier molecular flexibility index (Phi) is 6.36. The zero-order chi connectivity index (χ0) is 17.6. The third-order valence-corrected chi connectivity index (χ3v) is 3.43. The van der Waals surface area contributed by atoms with E-state index in [0.29, 0.717) is 24.8 Å². The Morgan fingerprint density at radius 3 is 2.38 bits per heavy atom. The Bertz CT molecular complexity index is 652. The average Bonchev–Trinajstić information content (AvgIpc) is 2.85. The number of pyridine rings is 2. The summed E-state index contributed by atoms with van der Waals surface area (Å²) >= 11 is 3.17. The summed E-state index contributed by atoms with van der Waals surface area (Å²) in [4.78, 5) is 7.91. The maximum atomic E-state index is 5.61. The van der Waals surface area contributed by atoms with Crippen molar-refractivity contribution in [1.29, 1.82) is 0 Å². The van der Waals surface area contributed by atoms with Gasteiger partial charge in [0.1, 0.15) is 17.3 Å². The van der Waals surface area contributed by atoms with Gasteiger partial charge >= 0.3 is 0 Å². The Morgan fingerprint density at radius 1 is 1.21 bits per heavy atom. The summed E-state index contributed by atoms with van der Waals surface area (Å²) in [5, 5.41) is 0. The number of hydrogen-bond donors (Lipinski definition) is 2. The molecule has 0 amide bonds. The predicted octanol–water partition coefficient (Wildman–Crippen LogP) is 2.62. The van der Waals surface area contributed by atoms with E-state index in [9.17, 15) is 0 Å². The minimum absolute atomic E-state index is 0.0572. The van der Waals surface area contributed by atoms with Gasteiger partial charge in [-0.3, -0.25) is 0 Å². The number of rotatable bonds is 3. The molecule has 1 saturated heterocycles. The van der Waals surface area contributed by atoms with Crippen LogP contribution < -0.4 is 16.2 Å². The zero-order valence-electron chi connectivity index (χ0n) is 13.6. The molecule has 1 aliphatic rings. The van der Waals surface area contributed by atoms with Crippen molar-refractivity contribution in [2.75, 3.05) is 24.7 Å². The molecule has 2 aromatic heterocycles. The van der Waals surface area contributed by atoms with Crippen LogP contribution >= 0.6 is 15.9 Å². The largest absolute Gasteiger partial charge is 0.475 e. The first-order chi connectivity index (χ1) is 11.3. The molecular weight excluding hydrogens is 376 g/mol. The fourth-order valence-corrected chi connectivity index (χ4v) is 2.33. The van der Waals surface area contributed by atoms with Crippen LogP contribution in [0.5, 0.6) is 5.88 Å². The topological polar surface area (TPSA) is 106 Å². The van der Waals surface area contributed by atoms with Gasteiger partial charge in [-0.05, 0) is 48.0 Å². The minimum Gasteiger partial charge on any atom is -0.475 e. The van der Waals surface area contributed by atoms with E-state index in [4.69, 9.17) is 25.7 Å². The number of aromatic nitrogens is 2. The summed E-state index contributed by atoms with van der Waals surface area (Å²) in [6.45, 7) is 4.71. The van der Waals surface area contributed by atoms with Crippen LogP contribution in [0.2, 0.25) is 0 Å². The number of nitrogens with two attached hydrogens (primary N) is 2. The number of anilines is 2. The zero-order valence-corrected chi connectivity index (χ0v) is 15.2. The highest BCUT2D eigenvalue weighted by Gasteiger charge is 2.32. The van der Waals surface area contributed by atoms with E-state index in [-0.39, 0.29) is 6.10 Å². The van der Waals surface area contributed by atoms with Crippen molar-refractivity contribution in [3.05, 3.63) is 41.3 Å². The maximum absolute atomic E-state index is 5.61. The summed E-state index contributed by atoms with van der Waals surface area (Å²) in [7, 11) is 0. The van der Waals surface area contributed by atoms with E-state index >= 15 is 0 Å². The maximum Gasteiger partial charge on any atom is 0.215 e. The average molecular weight is 397 g/mol. The molecule has 130 valence electrons. The second kappa shape index (κ2) is 8.27. The van der Waals surface area contributed by atoms with Crippen LogP contribution in [0.3, 0.4) is 0 Å². The molecular formula is C16H21BrN4O3.